The highest BCUT2D eigenvalue weighted by Crippen LogP contribution is 2.13. The Morgan fingerprint density at radius 3 is 2.84 bits per heavy atom. The van der Waals surface area contributed by atoms with E-state index in [0.717, 1.165) is 11.1 Å². The Morgan fingerprint density at radius 2 is 2.04 bits per heavy atom. The van der Waals surface area contributed by atoms with Crippen LogP contribution in [0.5, 0.6) is 0 Å². The minimum atomic E-state index is -3.57. The summed E-state index contributed by atoms with van der Waals surface area (Å²) in [6.45, 7) is 1.92. The molecule has 0 fully saturated rings. The first-order valence-corrected chi connectivity index (χ1v) is 9.37. The molecule has 0 atom stereocenters. The van der Waals surface area contributed by atoms with Crippen molar-refractivity contribution in [1.82, 2.24) is 14.9 Å². The molecule has 0 saturated carbocycles. The Balaban J connectivity index is 1.57. The highest BCUT2D eigenvalue weighted by atomic mass is 32.2. The fourth-order valence-electron chi connectivity index (χ4n) is 2.40. The number of anilines is 1. The molecule has 0 aliphatic rings. The molecule has 3 rings (SSSR count). The minimum Gasteiger partial charge on any atom is -0.351 e. The number of rotatable bonds is 6. The monoisotopic (exact) mass is 358 g/mol. The number of hydrogen-bond acceptors (Lipinski definition) is 4. The number of carbonyl (C=O) groups excluding carboxylic acids is 1. The van der Waals surface area contributed by atoms with Crippen molar-refractivity contribution in [3.8, 4) is 0 Å². The van der Waals surface area contributed by atoms with Gasteiger partial charge < -0.3 is 5.32 Å². The lowest BCUT2D eigenvalue weighted by atomic mass is 10.1. The molecule has 1 aromatic carbocycles. The van der Waals surface area contributed by atoms with Crippen LogP contribution in [-0.2, 0) is 10.0 Å². The standard InChI is InChI=1S/C17H18N4O3S/c1-13-3-2-4-14(11-13)17(22)18-8-10-25(23,24)20-15-6-9-21-16(12-15)5-7-19-21/h2-7,9,11-12,20H,8,10H2,1H3,(H,18,22). The summed E-state index contributed by atoms with van der Waals surface area (Å²) in [5.41, 5.74) is 2.72. The normalized spacial score (nSPS) is 11.4. The first-order chi connectivity index (χ1) is 11.9. The van der Waals surface area contributed by atoms with Crippen molar-refractivity contribution < 1.29 is 13.2 Å². The number of pyridine rings is 1. The number of nitrogens with one attached hydrogen (secondary N) is 2. The van der Waals surface area contributed by atoms with E-state index in [1.165, 1.54) is 0 Å². The van der Waals surface area contributed by atoms with Crippen LogP contribution >= 0.6 is 0 Å². The Bertz CT molecular complexity index is 1010. The van der Waals surface area contributed by atoms with E-state index in [2.05, 4.69) is 15.1 Å². The molecular formula is C17H18N4O3S. The highest BCUT2D eigenvalue weighted by Gasteiger charge is 2.12. The first kappa shape index (κ1) is 17.0. The van der Waals surface area contributed by atoms with Crippen molar-refractivity contribution in [2.24, 2.45) is 0 Å². The third kappa shape index (κ3) is 4.36. The van der Waals surface area contributed by atoms with Crippen LogP contribution in [0.1, 0.15) is 15.9 Å². The van der Waals surface area contributed by atoms with Gasteiger partial charge in [0.2, 0.25) is 10.0 Å². The van der Waals surface area contributed by atoms with Gasteiger partial charge in [-0.3, -0.25) is 9.52 Å². The number of fused-ring (bicyclic) bond motifs is 1. The van der Waals surface area contributed by atoms with Gasteiger partial charge >= 0.3 is 0 Å². The van der Waals surface area contributed by atoms with Crippen LogP contribution in [0.25, 0.3) is 5.52 Å². The third-order valence-electron chi connectivity index (χ3n) is 3.61. The average Bonchev–Trinajstić information content (AvgIpc) is 3.01. The van der Waals surface area contributed by atoms with Crippen LogP contribution in [0.15, 0.2) is 54.9 Å². The van der Waals surface area contributed by atoms with E-state index in [4.69, 9.17) is 0 Å². The molecule has 25 heavy (non-hydrogen) atoms. The van der Waals surface area contributed by atoms with Crippen LogP contribution in [-0.4, -0.2) is 36.2 Å². The summed E-state index contributed by atoms with van der Waals surface area (Å²) in [6, 6.07) is 12.2. The molecule has 2 heterocycles. The summed E-state index contributed by atoms with van der Waals surface area (Å²) >= 11 is 0. The molecule has 1 amide bonds. The number of nitrogens with zero attached hydrogens (tertiary/aromatic N) is 2. The van der Waals surface area contributed by atoms with Gasteiger partial charge in [-0.05, 0) is 37.3 Å². The number of sulfonamides is 1. The number of aryl methyl sites for hydroxylation is 1. The van der Waals surface area contributed by atoms with Gasteiger partial charge in [0.15, 0.2) is 0 Å². The number of carbonyl (C=O) groups is 1. The van der Waals surface area contributed by atoms with Crippen LogP contribution in [0.2, 0.25) is 0 Å². The van der Waals surface area contributed by atoms with Gasteiger partial charge in [0.05, 0.1) is 17.0 Å². The van der Waals surface area contributed by atoms with Crippen LogP contribution in [0.3, 0.4) is 0 Å². The van der Waals surface area contributed by atoms with Gasteiger partial charge in [-0.25, -0.2) is 12.9 Å². The molecule has 2 N–H and O–H groups in total. The van der Waals surface area contributed by atoms with Crippen molar-refractivity contribution in [2.75, 3.05) is 17.0 Å². The van der Waals surface area contributed by atoms with E-state index in [0.29, 0.717) is 11.3 Å². The van der Waals surface area contributed by atoms with Crippen LogP contribution in [0.4, 0.5) is 5.69 Å². The molecule has 7 nitrogen and oxygen atoms in total. The molecule has 0 radical (unpaired) electrons. The van der Waals surface area contributed by atoms with E-state index in [1.807, 2.05) is 13.0 Å². The SMILES string of the molecule is Cc1cccc(C(=O)NCCS(=O)(=O)Nc2ccn3nccc3c2)c1. The fourth-order valence-corrected chi connectivity index (χ4v) is 3.36. The van der Waals surface area contributed by atoms with Gasteiger partial charge in [0.25, 0.3) is 5.91 Å². The molecule has 0 saturated heterocycles. The second kappa shape index (κ2) is 6.94. The van der Waals surface area contributed by atoms with Gasteiger partial charge in [0.1, 0.15) is 0 Å². The van der Waals surface area contributed by atoms with Crippen LogP contribution < -0.4 is 10.0 Å². The van der Waals surface area contributed by atoms with Gasteiger partial charge in [-0.1, -0.05) is 17.7 Å². The summed E-state index contributed by atoms with van der Waals surface area (Å²) in [7, 11) is -3.57. The zero-order chi connectivity index (χ0) is 17.9. The van der Waals surface area contributed by atoms with E-state index in [9.17, 15) is 13.2 Å². The molecule has 3 aromatic rings. The predicted molar refractivity (Wildman–Crippen MR) is 96.1 cm³/mol. The van der Waals surface area contributed by atoms with Gasteiger partial charge in [-0.15, -0.1) is 0 Å². The maximum Gasteiger partial charge on any atom is 0.251 e. The Morgan fingerprint density at radius 1 is 1.20 bits per heavy atom. The maximum atomic E-state index is 12.2. The number of hydrogen-bond donors (Lipinski definition) is 2. The van der Waals surface area contributed by atoms with Crippen molar-refractivity contribution >= 4 is 27.1 Å². The maximum absolute atomic E-state index is 12.2. The van der Waals surface area contributed by atoms with Crippen molar-refractivity contribution in [3.63, 3.8) is 0 Å². The van der Waals surface area contributed by atoms with Crippen molar-refractivity contribution in [2.45, 2.75) is 6.92 Å². The summed E-state index contributed by atoms with van der Waals surface area (Å²) < 4.78 is 28.5. The summed E-state index contributed by atoms with van der Waals surface area (Å²) in [4.78, 5) is 12.0. The number of aromatic nitrogens is 2. The number of amides is 1. The van der Waals surface area contributed by atoms with E-state index >= 15 is 0 Å². The minimum absolute atomic E-state index is 0.0248. The smallest absolute Gasteiger partial charge is 0.251 e. The highest BCUT2D eigenvalue weighted by molar-refractivity contribution is 7.92. The quantitative estimate of drug-likeness (QED) is 0.703. The summed E-state index contributed by atoms with van der Waals surface area (Å²) in [5, 5.41) is 6.67. The largest absolute Gasteiger partial charge is 0.351 e. The predicted octanol–water partition coefficient (Wildman–Crippen LogP) is 1.81. The summed E-state index contributed by atoms with van der Waals surface area (Å²) in [6.07, 6.45) is 3.31. The topological polar surface area (TPSA) is 92.6 Å². The molecular weight excluding hydrogens is 340 g/mol. The van der Waals surface area contributed by atoms with Crippen LogP contribution in [0, 0.1) is 6.92 Å². The zero-order valence-electron chi connectivity index (χ0n) is 13.6. The molecule has 0 unspecified atom stereocenters. The van der Waals surface area contributed by atoms with Gasteiger partial charge in [0, 0.05) is 24.5 Å². The van der Waals surface area contributed by atoms with E-state index < -0.39 is 10.0 Å². The Labute approximate surface area is 145 Å². The third-order valence-corrected chi connectivity index (χ3v) is 4.90. The molecule has 0 aliphatic carbocycles. The first-order valence-electron chi connectivity index (χ1n) is 7.72. The Kier molecular flexibility index (Phi) is 4.71. The van der Waals surface area contributed by atoms with Crippen molar-refractivity contribution in [1.29, 1.82) is 0 Å². The Hall–Kier alpha value is -2.87. The molecule has 8 heteroatoms. The van der Waals surface area contributed by atoms with Crippen molar-refractivity contribution in [3.05, 3.63) is 66.0 Å². The van der Waals surface area contributed by atoms with E-state index in [-0.39, 0.29) is 18.2 Å². The zero-order valence-corrected chi connectivity index (χ0v) is 14.5. The van der Waals surface area contributed by atoms with Gasteiger partial charge in [-0.2, -0.15) is 5.10 Å². The fraction of sp³-hybridized carbons (Fsp3) is 0.176. The molecule has 0 aliphatic heterocycles. The molecule has 0 spiro atoms. The lowest BCUT2D eigenvalue weighted by Crippen LogP contribution is -2.31. The lowest BCUT2D eigenvalue weighted by Gasteiger charge is -2.09. The molecule has 2 aromatic heterocycles. The second-order valence-corrected chi connectivity index (χ2v) is 7.50. The molecule has 130 valence electrons. The lowest BCUT2D eigenvalue weighted by molar-refractivity contribution is 0.0956. The van der Waals surface area contributed by atoms with E-state index in [1.54, 1.807) is 53.3 Å². The number of benzene rings is 1. The summed E-state index contributed by atoms with van der Waals surface area (Å²) in [5.74, 6) is -0.505. The average molecular weight is 358 g/mol. The second-order valence-electron chi connectivity index (χ2n) is 5.66. The molecule has 0 bridgehead atoms.